The fourth-order valence-electron chi connectivity index (χ4n) is 1.46. The molecule has 0 aromatic carbocycles. The first-order chi connectivity index (χ1) is 8.65. The Morgan fingerprint density at radius 2 is 2.28 bits per heavy atom. The zero-order valence-electron chi connectivity index (χ0n) is 10.2. The Morgan fingerprint density at radius 3 is 2.89 bits per heavy atom. The first-order valence-corrected chi connectivity index (χ1v) is 6.82. The van der Waals surface area contributed by atoms with Crippen molar-refractivity contribution in [2.45, 2.75) is 25.8 Å². The number of thiophene rings is 1. The summed E-state index contributed by atoms with van der Waals surface area (Å²) in [5.74, 6) is -0.316. The minimum atomic E-state index is -0.200. The molecule has 0 saturated heterocycles. The van der Waals surface area contributed by atoms with E-state index in [0.29, 0.717) is 11.6 Å². The summed E-state index contributed by atoms with van der Waals surface area (Å²) >= 11 is 1.57. The van der Waals surface area contributed by atoms with Crippen LogP contribution in [0.2, 0.25) is 0 Å². The maximum atomic E-state index is 11.7. The zero-order valence-corrected chi connectivity index (χ0v) is 11.0. The van der Waals surface area contributed by atoms with Crippen molar-refractivity contribution in [1.82, 2.24) is 10.6 Å². The Labute approximate surface area is 110 Å². The molecular weight excluding hydrogens is 248 g/mol. The lowest BCUT2D eigenvalue weighted by Gasteiger charge is -2.05. The Kier molecular flexibility index (Phi) is 4.15. The van der Waals surface area contributed by atoms with E-state index in [1.165, 1.54) is 0 Å². The van der Waals surface area contributed by atoms with Crippen LogP contribution in [0, 0.1) is 0 Å². The fourth-order valence-corrected chi connectivity index (χ4v) is 2.17. The lowest BCUT2D eigenvalue weighted by molar-refractivity contribution is -0.124. The average molecular weight is 264 g/mol. The number of rotatable bonds is 5. The van der Waals surface area contributed by atoms with Crippen molar-refractivity contribution in [2.75, 3.05) is 6.54 Å². The second kappa shape index (κ2) is 5.82. The highest BCUT2D eigenvalue weighted by atomic mass is 32.1. The van der Waals surface area contributed by atoms with Gasteiger partial charge in [-0.25, -0.2) is 0 Å². The maximum absolute atomic E-state index is 11.7. The van der Waals surface area contributed by atoms with Crippen LogP contribution in [0.4, 0.5) is 0 Å². The van der Waals surface area contributed by atoms with E-state index in [-0.39, 0.29) is 18.4 Å². The summed E-state index contributed by atoms with van der Waals surface area (Å²) in [5, 5.41) is 7.39. The van der Waals surface area contributed by atoms with Crippen molar-refractivity contribution in [3.8, 4) is 0 Å². The predicted molar refractivity (Wildman–Crippen MR) is 72.1 cm³/mol. The molecule has 0 unspecified atom stereocenters. The molecule has 2 N–H and O–H groups in total. The maximum Gasteiger partial charge on any atom is 0.247 e. The van der Waals surface area contributed by atoms with Crippen LogP contribution in [0.3, 0.4) is 0 Å². The molecule has 0 bridgehead atoms. The van der Waals surface area contributed by atoms with E-state index in [0.717, 1.165) is 17.7 Å². The second-order valence-corrected chi connectivity index (χ2v) is 5.35. The number of carbonyl (C=O) groups excluding carboxylic acids is 2. The van der Waals surface area contributed by atoms with Crippen molar-refractivity contribution in [3.05, 3.63) is 28.0 Å². The normalized spacial score (nSPS) is 15.3. The number of carbonyl (C=O) groups is 2. The van der Waals surface area contributed by atoms with Crippen molar-refractivity contribution < 1.29 is 9.59 Å². The molecule has 2 rings (SSSR count). The first kappa shape index (κ1) is 12.8. The van der Waals surface area contributed by atoms with Gasteiger partial charge in [0.15, 0.2) is 0 Å². The number of nitrogens with one attached hydrogen (secondary N) is 2. The molecule has 1 aliphatic rings. The van der Waals surface area contributed by atoms with E-state index < -0.39 is 0 Å². The molecule has 1 aromatic rings. The highest BCUT2D eigenvalue weighted by Crippen LogP contribution is 2.18. The van der Waals surface area contributed by atoms with E-state index in [1.54, 1.807) is 18.3 Å². The van der Waals surface area contributed by atoms with E-state index >= 15 is 0 Å². The van der Waals surface area contributed by atoms with Crippen molar-refractivity contribution >= 4 is 29.2 Å². The Morgan fingerprint density at radius 1 is 1.50 bits per heavy atom. The van der Waals surface area contributed by atoms with Crippen molar-refractivity contribution in [3.63, 3.8) is 0 Å². The van der Waals surface area contributed by atoms with E-state index in [2.05, 4.69) is 10.6 Å². The summed E-state index contributed by atoms with van der Waals surface area (Å²) in [7, 11) is 0. The molecule has 4 nitrogen and oxygen atoms in total. The molecule has 1 heterocycles. The molecule has 2 amide bonds. The standard InChI is InChI=1S/C13H16N2O2S/c1-9(7-11-3-2-6-18-11)13(17)14-8-12(16)15-10-4-5-10/h2-3,6-7,10H,4-5,8H2,1H3,(H,14,17)(H,15,16)/b9-7+. The molecule has 0 radical (unpaired) electrons. The lowest BCUT2D eigenvalue weighted by atomic mass is 10.2. The first-order valence-electron chi connectivity index (χ1n) is 5.94. The molecule has 1 aromatic heterocycles. The minimum Gasteiger partial charge on any atom is -0.352 e. The third-order valence-corrected chi connectivity index (χ3v) is 3.43. The van der Waals surface area contributed by atoms with Gasteiger partial charge >= 0.3 is 0 Å². The van der Waals surface area contributed by atoms with Crippen LogP contribution in [0.25, 0.3) is 6.08 Å². The number of amides is 2. The average Bonchev–Trinajstić information content (AvgIpc) is 3.00. The van der Waals surface area contributed by atoms with Crippen LogP contribution < -0.4 is 10.6 Å². The Hall–Kier alpha value is -1.62. The fraction of sp³-hybridized carbons (Fsp3) is 0.385. The summed E-state index contributed by atoms with van der Waals surface area (Å²) < 4.78 is 0. The second-order valence-electron chi connectivity index (χ2n) is 4.37. The largest absolute Gasteiger partial charge is 0.352 e. The van der Waals surface area contributed by atoms with Gasteiger partial charge in [-0.05, 0) is 37.3 Å². The topological polar surface area (TPSA) is 58.2 Å². The van der Waals surface area contributed by atoms with Crippen LogP contribution in [0.15, 0.2) is 23.1 Å². The van der Waals surface area contributed by atoms with Gasteiger partial charge in [0.05, 0.1) is 6.54 Å². The highest BCUT2D eigenvalue weighted by molar-refractivity contribution is 7.10. The smallest absolute Gasteiger partial charge is 0.247 e. The Balaban J connectivity index is 1.78. The molecular formula is C13H16N2O2S. The van der Waals surface area contributed by atoms with E-state index in [1.807, 2.05) is 23.6 Å². The van der Waals surface area contributed by atoms with Gasteiger partial charge in [0.25, 0.3) is 0 Å². The molecule has 5 heteroatoms. The molecule has 1 saturated carbocycles. The molecule has 0 atom stereocenters. The molecule has 0 spiro atoms. The van der Waals surface area contributed by atoms with Gasteiger partial charge in [-0.1, -0.05) is 6.07 Å². The van der Waals surface area contributed by atoms with Crippen molar-refractivity contribution in [2.24, 2.45) is 0 Å². The summed E-state index contributed by atoms with van der Waals surface area (Å²) in [6, 6.07) is 4.21. The van der Waals surface area contributed by atoms with Crippen LogP contribution in [0.5, 0.6) is 0 Å². The lowest BCUT2D eigenvalue weighted by Crippen LogP contribution is -2.38. The van der Waals surface area contributed by atoms with Crippen LogP contribution in [0.1, 0.15) is 24.6 Å². The zero-order chi connectivity index (χ0) is 13.0. The molecule has 1 aliphatic carbocycles. The van der Waals surface area contributed by atoms with E-state index in [9.17, 15) is 9.59 Å². The highest BCUT2D eigenvalue weighted by Gasteiger charge is 2.23. The van der Waals surface area contributed by atoms with Gasteiger partial charge in [-0.2, -0.15) is 0 Å². The monoisotopic (exact) mass is 264 g/mol. The van der Waals surface area contributed by atoms with Crippen LogP contribution >= 0.6 is 11.3 Å². The summed E-state index contributed by atoms with van der Waals surface area (Å²) in [4.78, 5) is 24.1. The van der Waals surface area contributed by atoms with E-state index in [4.69, 9.17) is 0 Å². The quantitative estimate of drug-likeness (QED) is 0.793. The van der Waals surface area contributed by atoms with Gasteiger partial charge in [-0.15, -0.1) is 11.3 Å². The summed E-state index contributed by atoms with van der Waals surface area (Å²) in [6.07, 6.45) is 3.92. The predicted octanol–water partition coefficient (Wildman–Crippen LogP) is 1.55. The molecule has 18 heavy (non-hydrogen) atoms. The Bertz CT molecular complexity index is 461. The SMILES string of the molecule is C/C(=C\c1cccs1)C(=O)NCC(=O)NC1CC1. The number of hydrogen-bond acceptors (Lipinski definition) is 3. The minimum absolute atomic E-state index is 0.0466. The molecule has 0 aliphatic heterocycles. The molecule has 96 valence electrons. The number of hydrogen-bond donors (Lipinski definition) is 2. The van der Waals surface area contributed by atoms with Gasteiger partial charge in [0, 0.05) is 16.5 Å². The third kappa shape index (κ3) is 4.00. The summed E-state index contributed by atoms with van der Waals surface area (Å²) in [6.45, 7) is 1.79. The van der Waals surface area contributed by atoms with Gasteiger partial charge in [0.2, 0.25) is 11.8 Å². The van der Waals surface area contributed by atoms with Crippen LogP contribution in [-0.4, -0.2) is 24.4 Å². The molecule has 1 fully saturated rings. The van der Waals surface area contributed by atoms with Gasteiger partial charge < -0.3 is 10.6 Å². The van der Waals surface area contributed by atoms with Crippen molar-refractivity contribution in [1.29, 1.82) is 0 Å². The third-order valence-electron chi connectivity index (χ3n) is 2.61. The van der Waals surface area contributed by atoms with Gasteiger partial charge in [0.1, 0.15) is 0 Å². The summed E-state index contributed by atoms with van der Waals surface area (Å²) in [5.41, 5.74) is 0.608. The van der Waals surface area contributed by atoms with Gasteiger partial charge in [-0.3, -0.25) is 9.59 Å². The van der Waals surface area contributed by atoms with Crippen LogP contribution in [-0.2, 0) is 9.59 Å².